The smallest absolute Gasteiger partial charge is 0.344 e. The second kappa shape index (κ2) is 4.53. The number of aryl methyl sites for hydroxylation is 1. The molecule has 2 aromatic rings. The fraction of sp³-hybridized carbons (Fsp3) is 0.0526. The standard InChI is InChI=1S/C19H12O3/c1-11-5-7-12(8-6-11)9-13-10-16-17-14(18(13)20)3-2-4-15(17)19(21)22-16/h2-10H,1H3. The van der Waals surface area contributed by atoms with Crippen molar-refractivity contribution in [1.29, 1.82) is 0 Å². The first-order chi connectivity index (χ1) is 10.6. The third-order valence-electron chi connectivity index (χ3n) is 3.93. The Morgan fingerprint density at radius 1 is 0.955 bits per heavy atom. The van der Waals surface area contributed by atoms with E-state index in [1.807, 2.05) is 37.3 Å². The average Bonchev–Trinajstić information content (AvgIpc) is 2.84. The van der Waals surface area contributed by atoms with Crippen LogP contribution >= 0.6 is 0 Å². The van der Waals surface area contributed by atoms with E-state index in [0.717, 1.165) is 11.1 Å². The molecular formula is C19H12O3. The van der Waals surface area contributed by atoms with E-state index in [1.54, 1.807) is 24.3 Å². The quantitative estimate of drug-likeness (QED) is 0.541. The molecule has 1 aliphatic heterocycles. The summed E-state index contributed by atoms with van der Waals surface area (Å²) in [6, 6.07) is 14.7. The molecule has 0 saturated carbocycles. The first kappa shape index (κ1) is 12.8. The lowest BCUT2D eigenvalue weighted by Gasteiger charge is -2.01. The van der Waals surface area contributed by atoms with Gasteiger partial charge in [0.1, 0.15) is 5.76 Å². The molecule has 0 spiro atoms. The predicted molar refractivity (Wildman–Crippen MR) is 86.5 cm³/mol. The topological polar surface area (TPSA) is 47.3 Å². The van der Waals surface area contributed by atoms with Gasteiger partial charge in [-0.15, -0.1) is 0 Å². The van der Waals surface area contributed by atoms with Crippen molar-refractivity contribution in [2.24, 2.45) is 0 Å². The zero-order valence-electron chi connectivity index (χ0n) is 11.9. The van der Waals surface area contributed by atoms with Gasteiger partial charge in [-0.05, 0) is 30.7 Å². The Morgan fingerprint density at radius 2 is 1.68 bits per heavy atom. The highest BCUT2D eigenvalue weighted by atomic mass is 16.4. The van der Waals surface area contributed by atoms with E-state index in [9.17, 15) is 9.59 Å². The summed E-state index contributed by atoms with van der Waals surface area (Å²) in [6.07, 6.45) is 1.82. The lowest BCUT2D eigenvalue weighted by Crippen LogP contribution is -2.25. The second-order valence-corrected chi connectivity index (χ2v) is 5.47. The van der Waals surface area contributed by atoms with Crippen LogP contribution in [0.2, 0.25) is 0 Å². The maximum absolute atomic E-state index is 12.6. The van der Waals surface area contributed by atoms with E-state index in [2.05, 4.69) is 0 Å². The molecule has 0 unspecified atom stereocenters. The summed E-state index contributed by atoms with van der Waals surface area (Å²) in [5.74, 6) is 0.466. The summed E-state index contributed by atoms with van der Waals surface area (Å²) >= 11 is 0. The summed E-state index contributed by atoms with van der Waals surface area (Å²) in [4.78, 5) is 24.5. The fourth-order valence-electron chi connectivity index (χ4n) is 2.80. The lowest BCUT2D eigenvalue weighted by molar-refractivity contribution is 0.548. The van der Waals surface area contributed by atoms with Gasteiger partial charge in [0.25, 0.3) is 0 Å². The van der Waals surface area contributed by atoms with Crippen molar-refractivity contribution in [3.05, 3.63) is 85.5 Å². The van der Waals surface area contributed by atoms with Gasteiger partial charge in [-0.3, -0.25) is 4.79 Å². The van der Waals surface area contributed by atoms with Crippen molar-refractivity contribution >= 4 is 16.8 Å². The van der Waals surface area contributed by atoms with Crippen LogP contribution in [0.4, 0.5) is 0 Å². The van der Waals surface area contributed by atoms with E-state index in [1.165, 1.54) is 0 Å². The number of hydrogen-bond acceptors (Lipinski definition) is 3. The average molecular weight is 288 g/mol. The van der Waals surface area contributed by atoms with Crippen LogP contribution in [-0.2, 0) is 0 Å². The molecule has 0 radical (unpaired) electrons. The van der Waals surface area contributed by atoms with Gasteiger partial charge < -0.3 is 4.42 Å². The summed E-state index contributed by atoms with van der Waals surface area (Å²) in [7, 11) is 0. The summed E-state index contributed by atoms with van der Waals surface area (Å²) in [6.45, 7) is 2.01. The minimum absolute atomic E-state index is 0.0838. The van der Waals surface area contributed by atoms with Gasteiger partial charge in [-0.25, -0.2) is 4.79 Å². The Hall–Kier alpha value is -2.94. The zero-order valence-corrected chi connectivity index (χ0v) is 11.9. The van der Waals surface area contributed by atoms with E-state index in [-0.39, 0.29) is 5.43 Å². The van der Waals surface area contributed by atoms with Crippen molar-refractivity contribution in [1.82, 2.24) is 0 Å². The molecule has 0 amide bonds. The summed E-state index contributed by atoms with van der Waals surface area (Å²) < 4.78 is 5.28. The molecule has 1 heterocycles. The second-order valence-electron chi connectivity index (χ2n) is 5.47. The molecule has 106 valence electrons. The Kier molecular flexibility index (Phi) is 2.63. The molecule has 2 aliphatic rings. The Balaban J connectivity index is 2.10. The van der Waals surface area contributed by atoms with E-state index in [4.69, 9.17) is 4.42 Å². The van der Waals surface area contributed by atoms with Gasteiger partial charge in [0.15, 0.2) is 5.43 Å². The fourth-order valence-corrected chi connectivity index (χ4v) is 2.80. The highest BCUT2D eigenvalue weighted by Gasteiger charge is 2.19. The van der Waals surface area contributed by atoms with Gasteiger partial charge in [0, 0.05) is 16.2 Å². The van der Waals surface area contributed by atoms with E-state index in [0.29, 0.717) is 27.3 Å². The lowest BCUT2D eigenvalue weighted by atomic mass is 10.00. The normalized spacial score (nSPS) is 12.5. The highest BCUT2D eigenvalue weighted by molar-refractivity contribution is 5.95. The van der Waals surface area contributed by atoms with Crippen LogP contribution in [0.3, 0.4) is 0 Å². The van der Waals surface area contributed by atoms with Gasteiger partial charge >= 0.3 is 5.63 Å². The Labute approximate surface area is 125 Å². The molecule has 3 heteroatoms. The third kappa shape index (κ3) is 1.83. The summed E-state index contributed by atoms with van der Waals surface area (Å²) in [5.41, 5.74) is 2.25. The molecule has 0 N–H and O–H groups in total. The molecular weight excluding hydrogens is 276 g/mol. The molecule has 2 aromatic carbocycles. The number of hydrogen-bond donors (Lipinski definition) is 0. The number of rotatable bonds is 1. The SMILES string of the molecule is Cc1ccc(C=c2cc3oc(=O)c4cccc(c4-3)c2=O)cc1. The molecule has 1 aliphatic carbocycles. The van der Waals surface area contributed by atoms with Crippen LogP contribution < -0.4 is 16.3 Å². The van der Waals surface area contributed by atoms with Gasteiger partial charge in [-0.2, -0.15) is 0 Å². The minimum Gasteiger partial charge on any atom is -0.422 e. The molecule has 0 saturated heterocycles. The molecule has 22 heavy (non-hydrogen) atoms. The van der Waals surface area contributed by atoms with Crippen LogP contribution in [0.25, 0.3) is 28.2 Å². The molecule has 3 nitrogen and oxygen atoms in total. The number of benzene rings is 3. The molecule has 4 rings (SSSR count). The number of furan rings is 1. The molecule has 0 bridgehead atoms. The molecule has 0 atom stereocenters. The van der Waals surface area contributed by atoms with Crippen molar-refractivity contribution in [2.45, 2.75) is 6.92 Å². The Morgan fingerprint density at radius 3 is 2.45 bits per heavy atom. The van der Waals surface area contributed by atoms with E-state index < -0.39 is 5.63 Å². The van der Waals surface area contributed by atoms with Gasteiger partial charge in [0.2, 0.25) is 0 Å². The monoisotopic (exact) mass is 288 g/mol. The van der Waals surface area contributed by atoms with Gasteiger partial charge in [0.05, 0.1) is 5.39 Å². The zero-order chi connectivity index (χ0) is 15.3. The highest BCUT2D eigenvalue weighted by Crippen LogP contribution is 2.27. The van der Waals surface area contributed by atoms with Crippen molar-refractivity contribution in [2.75, 3.05) is 0 Å². The largest absolute Gasteiger partial charge is 0.422 e. The van der Waals surface area contributed by atoms with Crippen LogP contribution in [0.15, 0.2) is 62.5 Å². The summed E-state index contributed by atoms with van der Waals surface area (Å²) in [5, 5.41) is 1.52. The maximum atomic E-state index is 12.6. The first-order valence-corrected chi connectivity index (χ1v) is 7.04. The van der Waals surface area contributed by atoms with Crippen LogP contribution in [0, 0.1) is 6.92 Å². The van der Waals surface area contributed by atoms with Crippen LogP contribution in [0.5, 0.6) is 0 Å². The third-order valence-corrected chi connectivity index (χ3v) is 3.93. The van der Waals surface area contributed by atoms with Crippen molar-refractivity contribution in [3.63, 3.8) is 0 Å². The predicted octanol–water partition coefficient (Wildman–Crippen LogP) is 2.55. The van der Waals surface area contributed by atoms with Gasteiger partial charge in [-0.1, -0.05) is 42.0 Å². The Bertz CT molecular complexity index is 1100. The van der Waals surface area contributed by atoms with Crippen LogP contribution in [-0.4, -0.2) is 0 Å². The molecule has 0 fully saturated rings. The maximum Gasteiger partial charge on any atom is 0.344 e. The first-order valence-electron chi connectivity index (χ1n) is 7.04. The van der Waals surface area contributed by atoms with Crippen LogP contribution in [0.1, 0.15) is 11.1 Å². The van der Waals surface area contributed by atoms with E-state index >= 15 is 0 Å². The minimum atomic E-state index is -0.396. The molecule has 0 aromatic heterocycles. The van der Waals surface area contributed by atoms with Crippen molar-refractivity contribution in [3.8, 4) is 11.3 Å². The van der Waals surface area contributed by atoms with Crippen molar-refractivity contribution < 1.29 is 4.42 Å².